The predicted octanol–water partition coefficient (Wildman–Crippen LogP) is 2.85. The number of amides is 1. The second kappa shape index (κ2) is 4.53. The van der Waals surface area contributed by atoms with Gasteiger partial charge in [-0.25, -0.2) is 0 Å². The quantitative estimate of drug-likeness (QED) is 0.922. The summed E-state index contributed by atoms with van der Waals surface area (Å²) in [7, 11) is 0. The van der Waals surface area contributed by atoms with Crippen molar-refractivity contribution < 1.29 is 9.53 Å². The standard InChI is InChI=1S/C10H11Br2NO2/c1-10(2,9(13)14)15-7-5-3-4-6(11)8(7)12/h3-5H,1-2H3,(H2,13,14). The summed E-state index contributed by atoms with van der Waals surface area (Å²) in [6.45, 7) is 3.26. The summed E-state index contributed by atoms with van der Waals surface area (Å²) in [5.41, 5.74) is 4.19. The van der Waals surface area contributed by atoms with Crippen molar-refractivity contribution in [2.24, 2.45) is 5.73 Å². The van der Waals surface area contributed by atoms with E-state index >= 15 is 0 Å². The van der Waals surface area contributed by atoms with E-state index in [2.05, 4.69) is 31.9 Å². The van der Waals surface area contributed by atoms with Crippen LogP contribution in [0.5, 0.6) is 5.75 Å². The first kappa shape index (κ1) is 12.5. The molecule has 0 radical (unpaired) electrons. The van der Waals surface area contributed by atoms with Gasteiger partial charge in [0, 0.05) is 4.47 Å². The van der Waals surface area contributed by atoms with E-state index in [0.717, 1.165) is 8.95 Å². The van der Waals surface area contributed by atoms with E-state index in [1.165, 1.54) is 0 Å². The molecule has 82 valence electrons. The summed E-state index contributed by atoms with van der Waals surface area (Å²) < 4.78 is 7.15. The molecule has 5 heteroatoms. The lowest BCUT2D eigenvalue weighted by molar-refractivity contribution is -0.130. The Bertz CT molecular complexity index is 391. The number of hydrogen-bond donors (Lipinski definition) is 1. The molecule has 0 unspecified atom stereocenters. The van der Waals surface area contributed by atoms with E-state index in [4.69, 9.17) is 10.5 Å². The van der Waals surface area contributed by atoms with Crippen LogP contribution in [0.3, 0.4) is 0 Å². The molecule has 0 aliphatic rings. The van der Waals surface area contributed by atoms with Crippen molar-refractivity contribution in [2.45, 2.75) is 19.4 Å². The Morgan fingerprint density at radius 3 is 2.53 bits per heavy atom. The highest BCUT2D eigenvalue weighted by Gasteiger charge is 2.28. The van der Waals surface area contributed by atoms with Crippen molar-refractivity contribution in [1.29, 1.82) is 0 Å². The Kier molecular flexibility index (Phi) is 3.78. The molecule has 1 rings (SSSR count). The van der Waals surface area contributed by atoms with Crippen molar-refractivity contribution in [3.8, 4) is 5.75 Å². The van der Waals surface area contributed by atoms with Gasteiger partial charge in [-0.3, -0.25) is 4.79 Å². The normalized spacial score (nSPS) is 11.2. The fraction of sp³-hybridized carbons (Fsp3) is 0.300. The number of carbonyl (C=O) groups is 1. The van der Waals surface area contributed by atoms with Gasteiger partial charge in [-0.1, -0.05) is 6.07 Å². The highest BCUT2D eigenvalue weighted by Crippen LogP contribution is 2.34. The zero-order valence-corrected chi connectivity index (χ0v) is 11.6. The van der Waals surface area contributed by atoms with Crippen LogP contribution in [0.4, 0.5) is 0 Å². The van der Waals surface area contributed by atoms with Crippen LogP contribution in [-0.2, 0) is 4.79 Å². The summed E-state index contributed by atoms with van der Waals surface area (Å²) in [6, 6.07) is 5.45. The third kappa shape index (κ3) is 2.95. The van der Waals surface area contributed by atoms with Crippen LogP contribution in [0.25, 0.3) is 0 Å². The Morgan fingerprint density at radius 2 is 2.00 bits per heavy atom. The second-order valence-corrected chi connectivity index (χ2v) is 5.18. The minimum Gasteiger partial charge on any atom is -0.477 e. The molecule has 0 aliphatic heterocycles. The summed E-state index contributed by atoms with van der Waals surface area (Å²) in [4.78, 5) is 11.1. The first-order valence-electron chi connectivity index (χ1n) is 4.27. The molecule has 0 bridgehead atoms. The van der Waals surface area contributed by atoms with E-state index in [1.807, 2.05) is 12.1 Å². The Balaban J connectivity index is 3.00. The minimum atomic E-state index is -1.02. The molecule has 0 fully saturated rings. The maximum atomic E-state index is 11.1. The number of ether oxygens (including phenoxy) is 1. The molecule has 1 amide bonds. The topological polar surface area (TPSA) is 52.3 Å². The average molecular weight is 337 g/mol. The lowest BCUT2D eigenvalue weighted by Gasteiger charge is -2.23. The molecule has 1 aromatic rings. The zero-order valence-electron chi connectivity index (χ0n) is 8.38. The third-order valence-electron chi connectivity index (χ3n) is 1.87. The number of carbonyl (C=O) groups excluding carboxylic acids is 1. The first-order chi connectivity index (χ1) is 6.84. The van der Waals surface area contributed by atoms with Gasteiger partial charge >= 0.3 is 0 Å². The molecule has 15 heavy (non-hydrogen) atoms. The maximum Gasteiger partial charge on any atom is 0.261 e. The molecule has 0 spiro atoms. The van der Waals surface area contributed by atoms with Gasteiger partial charge in [-0.15, -0.1) is 0 Å². The summed E-state index contributed by atoms with van der Waals surface area (Å²) in [5, 5.41) is 0. The van der Waals surface area contributed by atoms with Crippen LogP contribution in [0.15, 0.2) is 27.1 Å². The number of halogens is 2. The molecule has 1 aromatic carbocycles. The Morgan fingerprint density at radius 1 is 1.40 bits per heavy atom. The van der Waals surface area contributed by atoms with Gasteiger partial charge in [0.1, 0.15) is 5.75 Å². The number of primary amides is 1. The summed E-state index contributed by atoms with van der Waals surface area (Å²) in [6.07, 6.45) is 0. The lowest BCUT2D eigenvalue weighted by Crippen LogP contribution is -2.43. The van der Waals surface area contributed by atoms with Crippen molar-refractivity contribution in [2.75, 3.05) is 0 Å². The molecule has 0 heterocycles. The number of benzene rings is 1. The minimum absolute atomic E-state index is 0.505. The molecule has 0 saturated heterocycles. The average Bonchev–Trinajstić information content (AvgIpc) is 2.12. The second-order valence-electron chi connectivity index (χ2n) is 3.53. The van der Waals surface area contributed by atoms with E-state index in [9.17, 15) is 4.79 Å². The van der Waals surface area contributed by atoms with Crippen molar-refractivity contribution >= 4 is 37.8 Å². The van der Waals surface area contributed by atoms with Crippen LogP contribution in [-0.4, -0.2) is 11.5 Å². The first-order valence-corrected chi connectivity index (χ1v) is 5.86. The van der Waals surface area contributed by atoms with Gasteiger partial charge in [-0.2, -0.15) is 0 Å². The van der Waals surface area contributed by atoms with Crippen LogP contribution in [0.1, 0.15) is 13.8 Å². The van der Waals surface area contributed by atoms with Gasteiger partial charge in [0.2, 0.25) is 0 Å². The SMILES string of the molecule is CC(C)(Oc1cccc(Br)c1Br)C(N)=O. The lowest BCUT2D eigenvalue weighted by atomic mass is 10.1. The number of hydrogen-bond acceptors (Lipinski definition) is 2. The maximum absolute atomic E-state index is 11.1. The molecular formula is C10H11Br2NO2. The van der Waals surface area contributed by atoms with E-state index in [-0.39, 0.29) is 0 Å². The van der Waals surface area contributed by atoms with Crippen molar-refractivity contribution in [1.82, 2.24) is 0 Å². The fourth-order valence-corrected chi connectivity index (χ4v) is 1.58. The van der Waals surface area contributed by atoms with E-state index < -0.39 is 11.5 Å². The molecule has 2 N–H and O–H groups in total. The van der Waals surface area contributed by atoms with Crippen LogP contribution < -0.4 is 10.5 Å². The van der Waals surface area contributed by atoms with Gasteiger partial charge in [0.05, 0.1) is 4.47 Å². The van der Waals surface area contributed by atoms with Gasteiger partial charge in [-0.05, 0) is 57.8 Å². The van der Waals surface area contributed by atoms with Gasteiger partial charge in [0.15, 0.2) is 5.60 Å². The predicted molar refractivity (Wildman–Crippen MR) is 65.7 cm³/mol. The van der Waals surface area contributed by atoms with Crippen LogP contribution in [0, 0.1) is 0 Å². The zero-order chi connectivity index (χ0) is 11.6. The Hall–Kier alpha value is -0.550. The number of rotatable bonds is 3. The molecule has 0 atom stereocenters. The van der Waals surface area contributed by atoms with Crippen LogP contribution >= 0.6 is 31.9 Å². The largest absolute Gasteiger partial charge is 0.477 e. The molecule has 0 saturated carbocycles. The van der Waals surface area contributed by atoms with Crippen molar-refractivity contribution in [3.63, 3.8) is 0 Å². The number of nitrogens with two attached hydrogens (primary N) is 1. The van der Waals surface area contributed by atoms with Gasteiger partial charge < -0.3 is 10.5 Å². The third-order valence-corrected chi connectivity index (χ3v) is 3.89. The monoisotopic (exact) mass is 335 g/mol. The van der Waals surface area contributed by atoms with Gasteiger partial charge in [0.25, 0.3) is 5.91 Å². The van der Waals surface area contributed by atoms with Crippen LogP contribution in [0.2, 0.25) is 0 Å². The highest BCUT2D eigenvalue weighted by molar-refractivity contribution is 9.13. The molecular weight excluding hydrogens is 326 g/mol. The smallest absolute Gasteiger partial charge is 0.261 e. The van der Waals surface area contributed by atoms with Crippen molar-refractivity contribution in [3.05, 3.63) is 27.1 Å². The van der Waals surface area contributed by atoms with E-state index in [1.54, 1.807) is 19.9 Å². The fourth-order valence-electron chi connectivity index (χ4n) is 0.888. The highest BCUT2D eigenvalue weighted by atomic mass is 79.9. The molecule has 0 aliphatic carbocycles. The van der Waals surface area contributed by atoms with E-state index in [0.29, 0.717) is 5.75 Å². The Labute approximate surface area is 105 Å². The molecule has 0 aromatic heterocycles. The molecule has 3 nitrogen and oxygen atoms in total. The summed E-state index contributed by atoms with van der Waals surface area (Å²) >= 11 is 6.71. The summed E-state index contributed by atoms with van der Waals surface area (Å²) in [5.74, 6) is 0.0718.